The van der Waals surface area contributed by atoms with Crippen LogP contribution >= 0.6 is 24.4 Å². The van der Waals surface area contributed by atoms with Gasteiger partial charge in [0.1, 0.15) is 0 Å². The van der Waals surface area contributed by atoms with Crippen LogP contribution in [0.15, 0.2) is 36.4 Å². The molecule has 0 amide bonds. The van der Waals surface area contributed by atoms with Crippen molar-refractivity contribution in [3.05, 3.63) is 58.7 Å². The third-order valence-corrected chi connectivity index (χ3v) is 5.39. The topological polar surface area (TPSA) is 48.1 Å². The molecule has 0 aliphatic rings. The lowest BCUT2D eigenvalue weighted by Crippen LogP contribution is -2.44. The molecule has 0 bridgehead atoms. The molecule has 2 rings (SSSR count). The summed E-state index contributed by atoms with van der Waals surface area (Å²) in [7, 11) is 0. The summed E-state index contributed by atoms with van der Waals surface area (Å²) in [5, 5.41) is 14.6. The molecular formula is C23H32N4S2. The minimum atomic E-state index is -0.0426. The van der Waals surface area contributed by atoms with Crippen LogP contribution in [0.3, 0.4) is 0 Å². The molecule has 0 saturated heterocycles. The van der Waals surface area contributed by atoms with Gasteiger partial charge in [-0.05, 0) is 79.8 Å². The fraction of sp³-hybridized carbons (Fsp3) is 0.391. The molecule has 6 heteroatoms. The zero-order valence-electron chi connectivity index (χ0n) is 18.2. The van der Waals surface area contributed by atoms with Gasteiger partial charge in [-0.25, -0.2) is 0 Å². The Labute approximate surface area is 185 Å². The highest BCUT2D eigenvalue weighted by molar-refractivity contribution is 7.80. The summed E-state index contributed by atoms with van der Waals surface area (Å²) in [5.74, 6) is 0. The van der Waals surface area contributed by atoms with E-state index in [2.05, 4.69) is 99.2 Å². The molecule has 0 spiro atoms. The van der Waals surface area contributed by atoms with Crippen molar-refractivity contribution in [2.75, 3.05) is 23.7 Å². The highest BCUT2D eigenvalue weighted by Gasteiger charge is 2.19. The molecule has 156 valence electrons. The second-order valence-electron chi connectivity index (χ2n) is 8.31. The maximum absolute atomic E-state index is 5.49. The molecule has 0 aliphatic heterocycles. The summed E-state index contributed by atoms with van der Waals surface area (Å²) in [4.78, 5) is 0. The Balaban J connectivity index is 1.83. The summed E-state index contributed by atoms with van der Waals surface area (Å²) in [6.07, 6.45) is 0. The standard InChI is InChI=1S/C23H32N4S2/c1-15-9-7-10-16(2)19(15)26-21(28)24-13-23(5,6)14-25-22(29)27-20-17(3)11-8-12-18(20)4/h7-12H,13-14H2,1-6H3,(H2,24,26,28)(H2,25,27,29). The summed E-state index contributed by atoms with van der Waals surface area (Å²) in [6.45, 7) is 14.1. The molecule has 0 aliphatic carbocycles. The first-order valence-electron chi connectivity index (χ1n) is 9.81. The van der Waals surface area contributed by atoms with Crippen molar-refractivity contribution in [2.45, 2.75) is 41.5 Å². The molecule has 0 aromatic heterocycles. The van der Waals surface area contributed by atoms with Crippen molar-refractivity contribution < 1.29 is 0 Å². The fourth-order valence-corrected chi connectivity index (χ4v) is 3.39. The highest BCUT2D eigenvalue weighted by Crippen LogP contribution is 2.20. The number of rotatable bonds is 6. The molecule has 2 aromatic rings. The predicted octanol–water partition coefficient (Wildman–Crippen LogP) is 5.22. The smallest absolute Gasteiger partial charge is 0.170 e. The van der Waals surface area contributed by atoms with Gasteiger partial charge < -0.3 is 21.3 Å². The van der Waals surface area contributed by atoms with Gasteiger partial charge >= 0.3 is 0 Å². The van der Waals surface area contributed by atoms with E-state index in [9.17, 15) is 0 Å². The van der Waals surface area contributed by atoms with Crippen molar-refractivity contribution in [3.63, 3.8) is 0 Å². The summed E-state index contributed by atoms with van der Waals surface area (Å²) in [5.41, 5.74) is 6.81. The molecule has 2 aromatic carbocycles. The number of thiocarbonyl (C=S) groups is 2. The number of para-hydroxylation sites is 2. The van der Waals surface area contributed by atoms with E-state index < -0.39 is 0 Å². The third-order valence-electron chi connectivity index (χ3n) is 4.89. The SMILES string of the molecule is Cc1cccc(C)c1NC(=S)NCC(C)(C)CNC(=S)Nc1c(C)cccc1C. The van der Waals surface area contributed by atoms with Gasteiger partial charge in [-0.2, -0.15) is 0 Å². The average molecular weight is 429 g/mol. The fourth-order valence-electron chi connectivity index (χ4n) is 3.04. The highest BCUT2D eigenvalue weighted by atomic mass is 32.1. The lowest BCUT2D eigenvalue weighted by Gasteiger charge is -2.27. The molecule has 0 radical (unpaired) electrons. The average Bonchev–Trinajstić information content (AvgIpc) is 2.65. The Bertz CT molecular complexity index is 778. The number of aryl methyl sites for hydroxylation is 4. The lowest BCUT2D eigenvalue weighted by atomic mass is 9.93. The van der Waals surface area contributed by atoms with Crippen LogP contribution in [0.4, 0.5) is 11.4 Å². The van der Waals surface area contributed by atoms with Crippen LogP contribution in [0.2, 0.25) is 0 Å². The van der Waals surface area contributed by atoms with Gasteiger partial charge in [0, 0.05) is 24.5 Å². The number of hydrogen-bond acceptors (Lipinski definition) is 2. The van der Waals surface area contributed by atoms with E-state index in [4.69, 9.17) is 24.4 Å². The maximum Gasteiger partial charge on any atom is 0.170 e. The van der Waals surface area contributed by atoms with E-state index in [0.29, 0.717) is 10.2 Å². The van der Waals surface area contributed by atoms with E-state index in [1.54, 1.807) is 0 Å². The number of hydrogen-bond donors (Lipinski definition) is 4. The number of anilines is 2. The second kappa shape index (κ2) is 10.0. The van der Waals surface area contributed by atoms with Crippen molar-refractivity contribution in [2.24, 2.45) is 5.41 Å². The molecule has 4 N–H and O–H groups in total. The monoisotopic (exact) mass is 428 g/mol. The normalized spacial score (nSPS) is 11.0. The summed E-state index contributed by atoms with van der Waals surface area (Å²) in [6, 6.07) is 12.4. The van der Waals surface area contributed by atoms with Crippen LogP contribution < -0.4 is 21.3 Å². The zero-order valence-corrected chi connectivity index (χ0v) is 19.8. The molecule has 0 unspecified atom stereocenters. The Kier molecular flexibility index (Phi) is 7.99. The van der Waals surface area contributed by atoms with Crippen molar-refractivity contribution >= 4 is 46.0 Å². The lowest BCUT2D eigenvalue weighted by molar-refractivity contribution is 0.362. The van der Waals surface area contributed by atoms with E-state index in [0.717, 1.165) is 24.5 Å². The number of benzene rings is 2. The van der Waals surface area contributed by atoms with Crippen molar-refractivity contribution in [1.29, 1.82) is 0 Å². The quantitative estimate of drug-likeness (QED) is 0.473. The minimum Gasteiger partial charge on any atom is -0.362 e. The largest absolute Gasteiger partial charge is 0.362 e. The zero-order chi connectivity index (χ0) is 21.6. The second-order valence-corrected chi connectivity index (χ2v) is 9.13. The Morgan fingerprint density at radius 2 is 1.00 bits per heavy atom. The van der Waals surface area contributed by atoms with Gasteiger partial charge in [-0.15, -0.1) is 0 Å². The van der Waals surface area contributed by atoms with Crippen LogP contribution in [0.5, 0.6) is 0 Å². The van der Waals surface area contributed by atoms with E-state index in [1.807, 2.05) is 0 Å². The maximum atomic E-state index is 5.49. The van der Waals surface area contributed by atoms with Crippen LogP contribution in [0.25, 0.3) is 0 Å². The molecule has 0 heterocycles. The minimum absolute atomic E-state index is 0.0426. The van der Waals surface area contributed by atoms with Gasteiger partial charge in [0.05, 0.1) is 0 Å². The van der Waals surface area contributed by atoms with E-state index >= 15 is 0 Å². The molecule has 0 fully saturated rings. The van der Waals surface area contributed by atoms with Crippen LogP contribution in [-0.4, -0.2) is 23.3 Å². The Morgan fingerprint density at radius 1 is 0.690 bits per heavy atom. The van der Waals surface area contributed by atoms with Gasteiger partial charge in [-0.3, -0.25) is 0 Å². The first-order valence-corrected chi connectivity index (χ1v) is 10.6. The third kappa shape index (κ3) is 6.98. The Hall–Kier alpha value is -2.18. The van der Waals surface area contributed by atoms with Crippen molar-refractivity contribution in [1.82, 2.24) is 10.6 Å². The van der Waals surface area contributed by atoms with Crippen molar-refractivity contribution in [3.8, 4) is 0 Å². The van der Waals surface area contributed by atoms with Gasteiger partial charge in [0.25, 0.3) is 0 Å². The summed E-state index contributed by atoms with van der Waals surface area (Å²) < 4.78 is 0. The molecule has 4 nitrogen and oxygen atoms in total. The first kappa shape index (κ1) is 23.1. The summed E-state index contributed by atoms with van der Waals surface area (Å²) >= 11 is 11.0. The van der Waals surface area contributed by atoms with E-state index in [-0.39, 0.29) is 5.41 Å². The molecule has 0 saturated carbocycles. The van der Waals surface area contributed by atoms with Crippen LogP contribution in [0.1, 0.15) is 36.1 Å². The van der Waals surface area contributed by atoms with Gasteiger partial charge in [0.15, 0.2) is 10.2 Å². The van der Waals surface area contributed by atoms with E-state index in [1.165, 1.54) is 22.3 Å². The Morgan fingerprint density at radius 3 is 1.31 bits per heavy atom. The van der Waals surface area contributed by atoms with Gasteiger partial charge in [0.2, 0.25) is 0 Å². The number of nitrogens with one attached hydrogen (secondary N) is 4. The first-order chi connectivity index (χ1) is 13.6. The predicted molar refractivity (Wildman–Crippen MR) is 134 cm³/mol. The van der Waals surface area contributed by atoms with Crippen LogP contribution in [-0.2, 0) is 0 Å². The van der Waals surface area contributed by atoms with Crippen LogP contribution in [0, 0.1) is 33.1 Å². The van der Waals surface area contributed by atoms with Gasteiger partial charge in [-0.1, -0.05) is 50.2 Å². The molecule has 29 heavy (non-hydrogen) atoms. The molecule has 0 atom stereocenters. The molecular weight excluding hydrogens is 396 g/mol.